The van der Waals surface area contributed by atoms with Crippen molar-refractivity contribution in [2.24, 2.45) is 0 Å². The molecule has 7 nitrogen and oxygen atoms in total. The van der Waals surface area contributed by atoms with Gasteiger partial charge < -0.3 is 18.8 Å². The Kier molecular flexibility index (Phi) is 5.02. The molecule has 2 heterocycles. The number of halogens is 2. The first-order chi connectivity index (χ1) is 12.8. The maximum absolute atomic E-state index is 12.7. The monoisotopic (exact) mass is 384 g/mol. The molecule has 1 atom stereocenters. The van der Waals surface area contributed by atoms with E-state index in [9.17, 15) is 13.3 Å². The van der Waals surface area contributed by atoms with E-state index < -0.39 is 17.8 Å². The molecular weight excluding hydrogens is 368 g/mol. The molecule has 0 fully saturated rings. The van der Waals surface area contributed by atoms with Crippen LogP contribution in [0, 0.1) is 0 Å². The molecule has 1 N–H and O–H groups in total. The molecule has 0 spiro atoms. The lowest BCUT2D eigenvalue weighted by Crippen LogP contribution is -2.10. The molecule has 0 saturated carbocycles. The summed E-state index contributed by atoms with van der Waals surface area (Å²) < 4.78 is 59.1. The Hall–Kier alpha value is -2.59. The highest BCUT2D eigenvalue weighted by Crippen LogP contribution is 2.31. The van der Waals surface area contributed by atoms with Crippen LogP contribution in [-0.4, -0.2) is 40.3 Å². The van der Waals surface area contributed by atoms with Crippen molar-refractivity contribution in [2.45, 2.75) is 17.5 Å². The van der Waals surface area contributed by atoms with Gasteiger partial charge in [-0.3, -0.25) is 9.97 Å². The highest BCUT2D eigenvalue weighted by molar-refractivity contribution is 7.90. The van der Waals surface area contributed by atoms with Gasteiger partial charge in [0, 0.05) is 29.5 Å². The molecule has 0 bridgehead atoms. The van der Waals surface area contributed by atoms with Crippen molar-refractivity contribution >= 4 is 22.2 Å². The zero-order chi connectivity index (χ0) is 19.6. The van der Waals surface area contributed by atoms with E-state index in [4.69, 9.17) is 10.8 Å². The molecule has 0 aliphatic carbocycles. The quantitative estimate of drug-likeness (QED) is 0.630. The van der Waals surface area contributed by atoms with Crippen LogP contribution in [0.4, 0.5) is 8.78 Å². The molecule has 10 heteroatoms. The average Bonchev–Trinajstić information content (AvgIpc) is 3.03. The van der Waals surface area contributed by atoms with Crippen molar-refractivity contribution in [3.63, 3.8) is 0 Å². The molecular formula is C16H15F2N3O4S. The van der Waals surface area contributed by atoms with Gasteiger partial charge in [-0.15, -0.1) is 0 Å². The van der Waals surface area contributed by atoms with Gasteiger partial charge in [-0.1, -0.05) is 0 Å². The molecule has 3 rings (SSSR count). The van der Waals surface area contributed by atoms with Crippen molar-refractivity contribution in [1.29, 1.82) is 0 Å². The predicted octanol–water partition coefficient (Wildman–Crippen LogP) is 2.88. The number of nitrogens with zero attached hydrogens (tertiary/aromatic N) is 2. The number of benzene rings is 1. The van der Waals surface area contributed by atoms with Crippen LogP contribution in [0.15, 0.2) is 35.6 Å². The highest BCUT2D eigenvalue weighted by Gasteiger charge is 2.22. The van der Waals surface area contributed by atoms with Gasteiger partial charge in [0.15, 0.2) is 18.6 Å². The number of pyridine rings is 1. The number of fused-ring (bicyclic) bond motifs is 1. The highest BCUT2D eigenvalue weighted by atomic mass is 32.2. The Labute approximate surface area is 151 Å². The first-order valence-electron chi connectivity index (χ1n) is 7.81. The number of alkyl halides is 2. The number of nitrogens with one attached hydrogen (secondary N) is 1. The van der Waals surface area contributed by atoms with Gasteiger partial charge in [0.25, 0.3) is 0 Å². The topological polar surface area (TPSA) is 92.3 Å². The summed E-state index contributed by atoms with van der Waals surface area (Å²) in [5.41, 5.74) is 1.20. The molecule has 0 saturated heterocycles. The number of hydrogen-bond donors (Lipinski definition) is 1. The SMILES string of the molecule is [2H]C(F)(F)Oc1ccc2nc([S+]([O-])Cc3nccc(OC)c3OC)[nH]c2c1. The summed E-state index contributed by atoms with van der Waals surface area (Å²) in [5.74, 6) is 0.633. The summed E-state index contributed by atoms with van der Waals surface area (Å²) in [7, 11) is 2.94. The molecule has 2 aromatic heterocycles. The normalized spacial score (nSPS) is 13.3. The van der Waals surface area contributed by atoms with Gasteiger partial charge in [0.1, 0.15) is 11.4 Å². The number of imidazole rings is 1. The number of H-pyrrole nitrogens is 1. The average molecular weight is 384 g/mol. The van der Waals surface area contributed by atoms with E-state index in [0.717, 1.165) is 0 Å². The second-order valence-corrected chi connectivity index (χ2v) is 6.40. The third kappa shape index (κ3) is 3.81. The number of ether oxygens (including phenoxy) is 3. The van der Waals surface area contributed by atoms with E-state index in [1.165, 1.54) is 38.6 Å². The Morgan fingerprint density at radius 3 is 2.81 bits per heavy atom. The number of rotatable bonds is 7. The van der Waals surface area contributed by atoms with Crippen molar-refractivity contribution in [3.8, 4) is 17.2 Å². The Morgan fingerprint density at radius 2 is 2.12 bits per heavy atom. The van der Waals surface area contributed by atoms with Crippen LogP contribution in [0.25, 0.3) is 11.0 Å². The lowest BCUT2D eigenvalue weighted by molar-refractivity contribution is -0.0497. The molecule has 0 aliphatic heterocycles. The maximum Gasteiger partial charge on any atom is 0.387 e. The van der Waals surface area contributed by atoms with Gasteiger partial charge >= 0.3 is 11.7 Å². The van der Waals surface area contributed by atoms with Crippen molar-refractivity contribution in [2.75, 3.05) is 14.2 Å². The fraction of sp³-hybridized carbons (Fsp3) is 0.250. The lowest BCUT2D eigenvalue weighted by Gasteiger charge is -2.12. The van der Waals surface area contributed by atoms with Crippen LogP contribution in [0.5, 0.6) is 17.2 Å². The van der Waals surface area contributed by atoms with Crippen LogP contribution in [0.1, 0.15) is 7.06 Å². The van der Waals surface area contributed by atoms with E-state index in [-0.39, 0.29) is 16.7 Å². The molecule has 3 aromatic rings. The fourth-order valence-corrected chi connectivity index (χ4v) is 3.39. The first-order valence-corrected chi connectivity index (χ1v) is 8.63. The fourth-order valence-electron chi connectivity index (χ4n) is 2.37. The molecule has 0 amide bonds. The summed E-state index contributed by atoms with van der Waals surface area (Å²) in [4.78, 5) is 11.2. The predicted molar refractivity (Wildman–Crippen MR) is 90.2 cm³/mol. The Morgan fingerprint density at radius 1 is 1.31 bits per heavy atom. The third-order valence-electron chi connectivity index (χ3n) is 3.48. The van der Waals surface area contributed by atoms with Gasteiger partial charge in [0.2, 0.25) is 0 Å². The summed E-state index contributed by atoms with van der Waals surface area (Å²) >= 11 is -1.61. The zero-order valence-corrected chi connectivity index (χ0v) is 14.6. The second-order valence-electron chi connectivity index (χ2n) is 5.03. The number of hydrogen-bond acceptors (Lipinski definition) is 6. The van der Waals surface area contributed by atoms with E-state index in [1.807, 2.05) is 0 Å². The van der Waals surface area contributed by atoms with Gasteiger partial charge in [-0.05, 0) is 12.1 Å². The van der Waals surface area contributed by atoms with Crippen molar-refractivity contribution in [3.05, 3.63) is 36.2 Å². The van der Waals surface area contributed by atoms with Crippen LogP contribution in [0.3, 0.4) is 0 Å². The molecule has 0 radical (unpaired) electrons. The molecule has 0 aliphatic rings. The largest absolute Gasteiger partial charge is 0.609 e. The lowest BCUT2D eigenvalue weighted by atomic mass is 10.3. The minimum atomic E-state index is -4.05. The van der Waals surface area contributed by atoms with Crippen LogP contribution >= 0.6 is 0 Å². The second kappa shape index (κ2) is 7.75. The van der Waals surface area contributed by atoms with Crippen LogP contribution < -0.4 is 14.2 Å². The zero-order valence-electron chi connectivity index (χ0n) is 14.8. The summed E-state index contributed by atoms with van der Waals surface area (Å²) in [6.45, 7) is -4.05. The standard InChI is InChI=1S/C16H15F2N3O4S/c1-23-13-5-6-19-12(14(13)24-2)8-26(22)16-20-10-4-3-9(25-15(17)18)7-11(10)21-16/h3-7,15H,8H2,1-2H3,(H,20,21)/i15D. The minimum absolute atomic E-state index is 0.00828. The van der Waals surface area contributed by atoms with E-state index in [2.05, 4.69) is 19.7 Å². The summed E-state index contributed by atoms with van der Waals surface area (Å²) in [6.07, 6.45) is 1.51. The first kappa shape index (κ1) is 16.9. The molecule has 1 aromatic carbocycles. The van der Waals surface area contributed by atoms with Gasteiger partial charge in [-0.2, -0.15) is 13.8 Å². The Bertz CT molecular complexity index is 951. The van der Waals surface area contributed by atoms with Crippen molar-refractivity contribution in [1.82, 2.24) is 15.0 Å². The number of aromatic nitrogens is 3. The molecule has 26 heavy (non-hydrogen) atoms. The van der Waals surface area contributed by atoms with Crippen LogP contribution in [-0.2, 0) is 16.9 Å². The van der Waals surface area contributed by atoms with Crippen molar-refractivity contribution < 1.29 is 28.9 Å². The minimum Gasteiger partial charge on any atom is -0.609 e. The smallest absolute Gasteiger partial charge is 0.387 e. The molecule has 138 valence electrons. The number of aromatic amines is 1. The summed E-state index contributed by atoms with van der Waals surface area (Å²) in [6, 6.07) is 5.56. The Balaban J connectivity index is 1.85. The van der Waals surface area contributed by atoms with Crippen LogP contribution in [0.2, 0.25) is 0 Å². The maximum atomic E-state index is 12.7. The van der Waals surface area contributed by atoms with E-state index >= 15 is 0 Å². The third-order valence-corrected chi connectivity index (χ3v) is 4.64. The van der Waals surface area contributed by atoms with Gasteiger partial charge in [0.05, 0.1) is 25.3 Å². The van der Waals surface area contributed by atoms with E-state index in [1.54, 1.807) is 6.07 Å². The summed E-state index contributed by atoms with van der Waals surface area (Å²) in [5, 5.41) is 0.145. The van der Waals surface area contributed by atoms with Gasteiger partial charge in [-0.25, -0.2) is 0 Å². The molecule has 1 unspecified atom stereocenters. The van der Waals surface area contributed by atoms with E-state index in [0.29, 0.717) is 28.2 Å². The number of methoxy groups -OCH3 is 2.